The van der Waals surface area contributed by atoms with E-state index in [1.807, 2.05) is 20.8 Å². The van der Waals surface area contributed by atoms with Gasteiger partial charge in [0.1, 0.15) is 0 Å². The number of carboxylic acids is 1. The zero-order valence-corrected chi connectivity index (χ0v) is 11.5. The van der Waals surface area contributed by atoms with Crippen LogP contribution in [0.2, 0.25) is 0 Å². The van der Waals surface area contributed by atoms with Crippen LogP contribution >= 0.6 is 0 Å². The van der Waals surface area contributed by atoms with E-state index in [1.54, 1.807) is 6.92 Å². The highest BCUT2D eigenvalue weighted by Gasteiger charge is 2.42. The molecule has 0 bridgehead atoms. The van der Waals surface area contributed by atoms with E-state index >= 15 is 0 Å². The standard InChI is InChI=1S/C13H19NO5/c1-5-17-13-10(12(15)16)14-11(19-13)9-6(2)7(3)18-8(9)4/h6-9H,5H2,1-4H3,(H,15,16). The Hall–Kier alpha value is -1.56. The molecule has 1 N–H and O–H groups in total. The van der Waals surface area contributed by atoms with E-state index in [2.05, 4.69) is 4.98 Å². The van der Waals surface area contributed by atoms with Crippen molar-refractivity contribution in [2.75, 3.05) is 6.61 Å². The van der Waals surface area contributed by atoms with Crippen molar-refractivity contribution >= 4 is 5.97 Å². The third-order valence-corrected chi connectivity index (χ3v) is 3.62. The van der Waals surface area contributed by atoms with Gasteiger partial charge >= 0.3 is 11.9 Å². The minimum atomic E-state index is -1.15. The predicted molar refractivity (Wildman–Crippen MR) is 66.5 cm³/mol. The van der Waals surface area contributed by atoms with Gasteiger partial charge in [0.05, 0.1) is 24.7 Å². The fourth-order valence-corrected chi connectivity index (χ4v) is 2.52. The molecule has 6 nitrogen and oxygen atoms in total. The van der Waals surface area contributed by atoms with Gasteiger partial charge in [-0.15, -0.1) is 0 Å². The molecule has 0 saturated carbocycles. The Labute approximate surface area is 111 Å². The Morgan fingerprint density at radius 1 is 1.37 bits per heavy atom. The summed E-state index contributed by atoms with van der Waals surface area (Å²) in [5, 5.41) is 9.10. The van der Waals surface area contributed by atoms with Crippen molar-refractivity contribution in [1.29, 1.82) is 0 Å². The fraction of sp³-hybridized carbons (Fsp3) is 0.692. The maximum atomic E-state index is 11.1. The van der Waals surface area contributed by atoms with Crippen LogP contribution < -0.4 is 4.74 Å². The van der Waals surface area contributed by atoms with E-state index in [0.717, 1.165) is 0 Å². The lowest BCUT2D eigenvalue weighted by Crippen LogP contribution is -2.15. The van der Waals surface area contributed by atoms with Crippen molar-refractivity contribution < 1.29 is 23.8 Å². The molecule has 4 atom stereocenters. The van der Waals surface area contributed by atoms with Crippen molar-refractivity contribution in [3.8, 4) is 5.95 Å². The zero-order valence-electron chi connectivity index (χ0n) is 11.5. The SMILES string of the molecule is CCOc1oc(C2C(C)OC(C)C2C)nc1C(=O)O. The van der Waals surface area contributed by atoms with Gasteiger partial charge in [-0.05, 0) is 26.7 Å². The number of carbonyl (C=O) groups is 1. The first-order valence-electron chi connectivity index (χ1n) is 6.48. The van der Waals surface area contributed by atoms with Gasteiger partial charge in [0.15, 0.2) is 0 Å². The van der Waals surface area contributed by atoms with Gasteiger partial charge in [0.25, 0.3) is 0 Å². The summed E-state index contributed by atoms with van der Waals surface area (Å²) in [5.74, 6) is -0.632. The maximum Gasteiger partial charge on any atom is 0.362 e. The molecule has 2 heterocycles. The van der Waals surface area contributed by atoms with Gasteiger partial charge in [-0.3, -0.25) is 0 Å². The van der Waals surface area contributed by atoms with Gasteiger partial charge in [-0.2, -0.15) is 0 Å². The first-order valence-corrected chi connectivity index (χ1v) is 6.48. The van der Waals surface area contributed by atoms with Crippen LogP contribution in [0.1, 0.15) is 50.0 Å². The van der Waals surface area contributed by atoms with Crippen LogP contribution in [-0.4, -0.2) is 34.9 Å². The topological polar surface area (TPSA) is 81.8 Å². The molecule has 106 valence electrons. The summed E-state index contributed by atoms with van der Waals surface area (Å²) in [5.41, 5.74) is -0.171. The number of aromatic carboxylic acids is 1. The van der Waals surface area contributed by atoms with Crippen LogP contribution in [0.4, 0.5) is 0 Å². The molecule has 0 radical (unpaired) electrons. The van der Waals surface area contributed by atoms with Gasteiger partial charge in [0.2, 0.25) is 11.6 Å². The summed E-state index contributed by atoms with van der Waals surface area (Å²) < 4.78 is 16.4. The number of hydrogen-bond acceptors (Lipinski definition) is 5. The summed E-state index contributed by atoms with van der Waals surface area (Å²) in [6.45, 7) is 8.07. The monoisotopic (exact) mass is 269 g/mol. The Morgan fingerprint density at radius 3 is 2.53 bits per heavy atom. The van der Waals surface area contributed by atoms with Crippen LogP contribution in [0.5, 0.6) is 5.95 Å². The van der Waals surface area contributed by atoms with Gasteiger partial charge < -0.3 is 19.0 Å². The summed E-state index contributed by atoms with van der Waals surface area (Å²) in [6.07, 6.45) is 0.0375. The molecule has 1 saturated heterocycles. The molecule has 19 heavy (non-hydrogen) atoms. The Bertz CT molecular complexity index is 470. The average Bonchev–Trinajstić information content (AvgIpc) is 2.83. The smallest absolute Gasteiger partial charge is 0.362 e. The third kappa shape index (κ3) is 2.45. The van der Waals surface area contributed by atoms with Crippen molar-refractivity contribution in [3.05, 3.63) is 11.6 Å². The molecule has 1 aromatic heterocycles. The van der Waals surface area contributed by atoms with E-state index < -0.39 is 5.97 Å². The highest BCUT2D eigenvalue weighted by Crippen LogP contribution is 2.40. The number of hydrogen-bond donors (Lipinski definition) is 1. The molecule has 6 heteroatoms. The van der Waals surface area contributed by atoms with Crippen molar-refractivity contribution in [2.45, 2.75) is 45.8 Å². The molecule has 2 rings (SSSR count). The van der Waals surface area contributed by atoms with E-state index in [4.69, 9.17) is 19.0 Å². The lowest BCUT2D eigenvalue weighted by molar-refractivity contribution is 0.0543. The number of nitrogens with zero attached hydrogens (tertiary/aromatic N) is 1. The Balaban J connectivity index is 2.35. The molecule has 1 aromatic rings. The van der Waals surface area contributed by atoms with Crippen LogP contribution in [0.15, 0.2) is 4.42 Å². The molecule has 0 aliphatic carbocycles. The molecule has 0 aromatic carbocycles. The number of ether oxygens (including phenoxy) is 2. The molecule has 4 unspecified atom stereocenters. The molecule has 1 aliphatic heterocycles. The van der Waals surface area contributed by atoms with E-state index in [-0.39, 0.29) is 35.7 Å². The highest BCUT2D eigenvalue weighted by atomic mass is 16.6. The molecule has 1 aliphatic rings. The average molecular weight is 269 g/mol. The van der Waals surface area contributed by atoms with Crippen LogP contribution in [0, 0.1) is 5.92 Å². The summed E-state index contributed by atoms with van der Waals surface area (Å²) >= 11 is 0. The first kappa shape index (κ1) is 13.9. The Kier molecular flexibility index (Phi) is 3.80. The van der Waals surface area contributed by atoms with Gasteiger partial charge in [-0.25, -0.2) is 9.78 Å². The summed E-state index contributed by atoms with van der Waals surface area (Å²) in [4.78, 5) is 15.2. The maximum absolute atomic E-state index is 11.1. The molecular formula is C13H19NO5. The van der Waals surface area contributed by atoms with E-state index in [9.17, 15) is 4.79 Å². The van der Waals surface area contributed by atoms with Crippen molar-refractivity contribution in [1.82, 2.24) is 4.98 Å². The third-order valence-electron chi connectivity index (χ3n) is 3.62. The van der Waals surface area contributed by atoms with Crippen LogP contribution in [0.3, 0.4) is 0 Å². The fourth-order valence-electron chi connectivity index (χ4n) is 2.52. The number of aromatic nitrogens is 1. The van der Waals surface area contributed by atoms with Crippen LogP contribution in [0.25, 0.3) is 0 Å². The minimum Gasteiger partial charge on any atom is -0.476 e. The summed E-state index contributed by atoms with van der Waals surface area (Å²) in [7, 11) is 0. The Morgan fingerprint density at radius 2 is 2.05 bits per heavy atom. The predicted octanol–water partition coefficient (Wildman–Crippen LogP) is 2.30. The van der Waals surface area contributed by atoms with E-state index in [0.29, 0.717) is 12.5 Å². The molecule has 1 fully saturated rings. The second kappa shape index (κ2) is 5.21. The van der Waals surface area contributed by atoms with Gasteiger partial charge in [0, 0.05) is 0 Å². The molecular weight excluding hydrogens is 250 g/mol. The quantitative estimate of drug-likeness (QED) is 0.903. The number of carboxylic acid groups (broad SMARTS) is 1. The molecule has 0 amide bonds. The van der Waals surface area contributed by atoms with Gasteiger partial charge in [-0.1, -0.05) is 6.92 Å². The first-order chi connectivity index (χ1) is 8.95. The lowest BCUT2D eigenvalue weighted by atomic mass is 9.89. The minimum absolute atomic E-state index is 0.0241. The van der Waals surface area contributed by atoms with Crippen LogP contribution in [-0.2, 0) is 4.74 Å². The van der Waals surface area contributed by atoms with E-state index in [1.165, 1.54) is 0 Å². The normalized spacial score (nSPS) is 30.5. The second-order valence-corrected chi connectivity index (χ2v) is 4.86. The second-order valence-electron chi connectivity index (χ2n) is 4.86. The highest BCUT2D eigenvalue weighted by molar-refractivity contribution is 5.87. The largest absolute Gasteiger partial charge is 0.476 e. The molecule has 0 spiro atoms. The van der Waals surface area contributed by atoms with Crippen molar-refractivity contribution in [3.63, 3.8) is 0 Å². The number of rotatable bonds is 4. The summed E-state index contributed by atoms with van der Waals surface area (Å²) in [6, 6.07) is 0. The number of oxazole rings is 1. The lowest BCUT2D eigenvalue weighted by Gasteiger charge is -2.13. The zero-order chi connectivity index (χ0) is 14.2. The van der Waals surface area contributed by atoms with Crippen molar-refractivity contribution in [2.24, 2.45) is 5.92 Å².